The molecule has 1 N–H and O–H groups in total. The minimum Gasteiger partial charge on any atom is -0.459 e. The normalized spacial score (nSPS) is 13.8. The van der Waals surface area contributed by atoms with Crippen molar-refractivity contribution < 1.29 is 22.7 Å². The van der Waals surface area contributed by atoms with Crippen molar-refractivity contribution >= 4 is 34.6 Å². The largest absolute Gasteiger partial charge is 0.459 e. The summed E-state index contributed by atoms with van der Waals surface area (Å²) in [4.78, 5) is 25.1. The second-order valence-electron chi connectivity index (χ2n) is 7.62. The van der Waals surface area contributed by atoms with Crippen LogP contribution in [0.1, 0.15) is 26.3 Å². The number of esters is 1. The Morgan fingerprint density at radius 2 is 2.00 bits per heavy atom. The van der Waals surface area contributed by atoms with Gasteiger partial charge in [0.1, 0.15) is 12.1 Å². The van der Waals surface area contributed by atoms with Gasteiger partial charge in [0.2, 0.25) is 0 Å². The van der Waals surface area contributed by atoms with Crippen LogP contribution in [0.5, 0.6) is 0 Å². The summed E-state index contributed by atoms with van der Waals surface area (Å²) in [7, 11) is 1.56. The summed E-state index contributed by atoms with van der Waals surface area (Å²) < 4.78 is 44.1. The minimum absolute atomic E-state index is 0.0990. The number of nitrogens with one attached hydrogen (secondary N) is 1. The molecule has 0 bridgehead atoms. The third-order valence-electron chi connectivity index (χ3n) is 4.73. The maximum absolute atomic E-state index is 12.9. The highest BCUT2D eigenvalue weighted by Crippen LogP contribution is 2.22. The van der Waals surface area contributed by atoms with E-state index < -0.39 is 30.0 Å². The number of carbonyl (C=O) groups is 1. The van der Waals surface area contributed by atoms with Gasteiger partial charge >= 0.3 is 12.1 Å². The van der Waals surface area contributed by atoms with Crippen LogP contribution in [0.15, 0.2) is 54.4 Å². The first-order valence-corrected chi connectivity index (χ1v) is 10.4. The molecule has 0 spiro atoms. The minimum atomic E-state index is -4.61. The summed E-state index contributed by atoms with van der Waals surface area (Å²) in [6.45, 7) is 7.98. The standard InChI is InChI=1S/C23H27F3N6O2/c1-6-21(23(24,25)26)30-11-16(4)31(5)32(14-27)13-18(22(33)34-15(2)3)17-10-20-19(29-12-17)8-7-9-28-20/h6-10,12-16,27H,1,11H2,2-5H3/b18-13+,27-14?,30-21?. The van der Waals surface area contributed by atoms with E-state index in [2.05, 4.69) is 21.5 Å². The molecule has 0 fully saturated rings. The predicted molar refractivity (Wildman–Crippen MR) is 125 cm³/mol. The summed E-state index contributed by atoms with van der Waals surface area (Å²) in [5, 5.41) is 10.5. The van der Waals surface area contributed by atoms with Crippen molar-refractivity contribution in [1.82, 2.24) is 20.0 Å². The molecule has 1 unspecified atom stereocenters. The third-order valence-corrected chi connectivity index (χ3v) is 4.73. The van der Waals surface area contributed by atoms with Crippen molar-refractivity contribution in [2.45, 2.75) is 39.1 Å². The van der Waals surface area contributed by atoms with Gasteiger partial charge in [-0.2, -0.15) is 13.2 Å². The van der Waals surface area contributed by atoms with Crippen LogP contribution in [0.4, 0.5) is 13.2 Å². The van der Waals surface area contributed by atoms with Gasteiger partial charge in [-0.25, -0.2) is 9.80 Å². The fraction of sp³-hybridized carbons (Fsp3) is 0.348. The first-order chi connectivity index (χ1) is 16.0. The molecule has 2 heterocycles. The average Bonchev–Trinajstić information content (AvgIpc) is 2.78. The van der Waals surface area contributed by atoms with Crippen LogP contribution in [-0.2, 0) is 9.53 Å². The highest BCUT2D eigenvalue weighted by Gasteiger charge is 2.33. The van der Waals surface area contributed by atoms with E-state index >= 15 is 0 Å². The fourth-order valence-corrected chi connectivity index (χ4v) is 2.82. The van der Waals surface area contributed by atoms with Crippen molar-refractivity contribution in [2.24, 2.45) is 4.99 Å². The van der Waals surface area contributed by atoms with Crippen LogP contribution in [0.2, 0.25) is 0 Å². The van der Waals surface area contributed by atoms with Crippen molar-refractivity contribution in [3.05, 3.63) is 55.0 Å². The predicted octanol–water partition coefficient (Wildman–Crippen LogP) is 4.26. The first-order valence-electron chi connectivity index (χ1n) is 10.4. The number of aliphatic imine (C=N–C) groups is 1. The molecule has 0 aliphatic carbocycles. The molecule has 2 aromatic heterocycles. The lowest BCUT2D eigenvalue weighted by atomic mass is 10.1. The average molecular weight is 477 g/mol. The van der Waals surface area contributed by atoms with Gasteiger partial charge in [-0.1, -0.05) is 6.58 Å². The van der Waals surface area contributed by atoms with Crippen LogP contribution < -0.4 is 0 Å². The Hall–Kier alpha value is -3.60. The highest BCUT2D eigenvalue weighted by molar-refractivity contribution is 6.17. The molecule has 34 heavy (non-hydrogen) atoms. The summed E-state index contributed by atoms with van der Waals surface area (Å²) >= 11 is 0. The van der Waals surface area contributed by atoms with Crippen molar-refractivity contribution in [3.8, 4) is 0 Å². The second-order valence-corrected chi connectivity index (χ2v) is 7.62. The van der Waals surface area contributed by atoms with E-state index in [1.807, 2.05) is 0 Å². The number of halogens is 3. The maximum Gasteiger partial charge on any atom is 0.432 e. The van der Waals surface area contributed by atoms with Crippen LogP contribution in [-0.4, -0.2) is 69.9 Å². The molecule has 0 saturated heterocycles. The van der Waals surface area contributed by atoms with Crippen molar-refractivity contribution in [1.29, 1.82) is 5.41 Å². The summed E-state index contributed by atoms with van der Waals surface area (Å²) in [5.41, 5.74) is 0.624. The molecule has 1 atom stereocenters. The zero-order valence-corrected chi connectivity index (χ0v) is 19.4. The zero-order valence-electron chi connectivity index (χ0n) is 19.4. The van der Waals surface area contributed by atoms with Crippen LogP contribution in [0.25, 0.3) is 16.6 Å². The Bertz CT molecular complexity index is 1100. The maximum atomic E-state index is 12.9. The van der Waals surface area contributed by atoms with E-state index in [4.69, 9.17) is 10.1 Å². The number of nitrogens with zero attached hydrogens (tertiary/aromatic N) is 5. The topological polar surface area (TPSA) is 94.8 Å². The van der Waals surface area contributed by atoms with E-state index in [0.29, 0.717) is 22.7 Å². The Morgan fingerprint density at radius 1 is 1.29 bits per heavy atom. The number of carbonyl (C=O) groups excluding carboxylic acids is 1. The third kappa shape index (κ3) is 6.95. The Kier molecular flexibility index (Phi) is 9.02. The van der Waals surface area contributed by atoms with Gasteiger partial charge in [0.05, 0.1) is 29.3 Å². The number of rotatable bonds is 10. The molecule has 0 aliphatic heterocycles. The van der Waals surface area contributed by atoms with E-state index in [1.54, 1.807) is 52.2 Å². The molecule has 182 valence electrons. The lowest BCUT2D eigenvalue weighted by molar-refractivity contribution is -0.140. The smallest absolute Gasteiger partial charge is 0.432 e. The van der Waals surface area contributed by atoms with Gasteiger partial charge in [0, 0.05) is 37.2 Å². The number of hydrogen-bond donors (Lipinski definition) is 1. The van der Waals surface area contributed by atoms with Crippen molar-refractivity contribution in [2.75, 3.05) is 13.6 Å². The van der Waals surface area contributed by atoms with Crippen molar-refractivity contribution in [3.63, 3.8) is 0 Å². The number of pyridine rings is 2. The Morgan fingerprint density at radius 3 is 2.59 bits per heavy atom. The molecule has 0 amide bonds. The molecule has 0 aromatic carbocycles. The lowest BCUT2D eigenvalue weighted by Gasteiger charge is -2.32. The summed E-state index contributed by atoms with van der Waals surface area (Å²) in [6, 6.07) is 4.63. The van der Waals surface area contributed by atoms with Crippen LogP contribution in [0.3, 0.4) is 0 Å². The van der Waals surface area contributed by atoms with E-state index in [1.165, 1.54) is 22.4 Å². The molecule has 2 aromatic rings. The second kappa shape index (κ2) is 11.5. The Labute approximate surface area is 195 Å². The number of allylic oxidation sites excluding steroid dienone is 1. The number of ether oxygens (including phenoxy) is 1. The fourth-order valence-electron chi connectivity index (χ4n) is 2.82. The van der Waals surface area contributed by atoms with E-state index in [0.717, 1.165) is 6.34 Å². The molecular weight excluding hydrogens is 449 g/mol. The number of likely N-dealkylation sites (N-methyl/N-ethyl adjacent to an activating group) is 1. The zero-order chi connectivity index (χ0) is 25.5. The van der Waals surface area contributed by atoms with Gasteiger partial charge in [-0.3, -0.25) is 25.4 Å². The van der Waals surface area contributed by atoms with Gasteiger partial charge in [-0.05, 0) is 45.0 Å². The highest BCUT2D eigenvalue weighted by atomic mass is 19.4. The number of aromatic nitrogens is 2. The molecular formula is C23H27F3N6O2. The number of hydrazine groups is 1. The number of fused-ring (bicyclic) bond motifs is 1. The first kappa shape index (κ1) is 26.7. The van der Waals surface area contributed by atoms with E-state index in [-0.39, 0.29) is 12.1 Å². The van der Waals surface area contributed by atoms with Gasteiger partial charge in [-0.15, -0.1) is 0 Å². The van der Waals surface area contributed by atoms with Crippen LogP contribution >= 0.6 is 0 Å². The monoisotopic (exact) mass is 476 g/mol. The van der Waals surface area contributed by atoms with E-state index in [9.17, 15) is 18.0 Å². The quantitative estimate of drug-likeness (QED) is 0.181. The molecule has 8 nitrogen and oxygen atoms in total. The molecule has 0 radical (unpaired) electrons. The summed E-state index contributed by atoms with van der Waals surface area (Å²) in [5.74, 6) is -0.649. The lowest BCUT2D eigenvalue weighted by Crippen LogP contribution is -2.43. The molecule has 0 saturated carbocycles. The van der Waals surface area contributed by atoms with Gasteiger partial charge < -0.3 is 4.74 Å². The number of alkyl halides is 3. The molecule has 2 rings (SSSR count). The number of hydrogen-bond acceptors (Lipinski definition) is 7. The molecule has 11 heteroatoms. The molecule has 0 aliphatic rings. The van der Waals surface area contributed by atoms with Gasteiger partial charge in [0.15, 0.2) is 0 Å². The Balaban J connectivity index is 2.41. The van der Waals surface area contributed by atoms with Crippen LogP contribution in [0, 0.1) is 5.41 Å². The summed E-state index contributed by atoms with van der Waals surface area (Å²) in [6.07, 6.45) is 1.03. The SMILES string of the molecule is C=CC(=NCC(C)N(C)N(C=N)/C=C(/C(=O)OC(C)C)c1cnc2cccnc2c1)C(F)(F)F. The van der Waals surface area contributed by atoms with Gasteiger partial charge in [0.25, 0.3) is 0 Å².